The van der Waals surface area contributed by atoms with Gasteiger partial charge in [0.25, 0.3) is 0 Å². The second-order valence-corrected chi connectivity index (χ2v) is 17.6. The van der Waals surface area contributed by atoms with E-state index in [1.54, 1.807) is 0 Å². The van der Waals surface area contributed by atoms with Crippen molar-refractivity contribution in [2.45, 2.75) is 0 Å². The lowest BCUT2D eigenvalue weighted by Crippen LogP contribution is -2.04. The first kappa shape index (κ1) is 38.1. The Morgan fingerprint density at radius 2 is 0.779 bits per heavy atom. The Labute approximate surface area is 391 Å². The van der Waals surface area contributed by atoms with E-state index in [1.807, 2.05) is 24.3 Å². The molecular formula is C63H39N5. The second-order valence-electron chi connectivity index (χ2n) is 17.6. The summed E-state index contributed by atoms with van der Waals surface area (Å²) in [6.45, 7) is 0. The van der Waals surface area contributed by atoms with Gasteiger partial charge in [-0.3, -0.25) is 0 Å². The van der Waals surface area contributed by atoms with Crippen molar-refractivity contribution in [3.63, 3.8) is 0 Å². The fourth-order valence-corrected chi connectivity index (χ4v) is 10.5. The van der Waals surface area contributed by atoms with Gasteiger partial charge in [-0.2, -0.15) is 0 Å². The fourth-order valence-electron chi connectivity index (χ4n) is 10.5. The summed E-state index contributed by atoms with van der Waals surface area (Å²) in [6, 6.07) is 84.8. The van der Waals surface area contributed by atoms with Gasteiger partial charge in [0.1, 0.15) is 0 Å². The van der Waals surface area contributed by atoms with Gasteiger partial charge in [-0.05, 0) is 86.6 Å². The Kier molecular flexibility index (Phi) is 8.52. The van der Waals surface area contributed by atoms with Gasteiger partial charge in [0.2, 0.25) is 0 Å². The third-order valence-corrected chi connectivity index (χ3v) is 13.7. The summed E-state index contributed by atoms with van der Waals surface area (Å²) in [5.41, 5.74) is 11.7. The molecule has 0 saturated heterocycles. The molecule has 0 N–H and O–H groups in total. The van der Waals surface area contributed by atoms with Crippen LogP contribution in [0.2, 0.25) is 0 Å². The number of rotatable bonds is 6. The molecule has 5 heteroatoms. The van der Waals surface area contributed by atoms with E-state index in [-0.39, 0.29) is 0 Å². The highest BCUT2D eigenvalue weighted by molar-refractivity contribution is 6.19. The van der Waals surface area contributed by atoms with Gasteiger partial charge in [-0.15, -0.1) is 0 Å². The summed E-state index contributed by atoms with van der Waals surface area (Å²) in [6.07, 6.45) is 0. The molecule has 0 aliphatic heterocycles. The Hall–Kier alpha value is -9.19. The lowest BCUT2D eigenvalue weighted by molar-refractivity contribution is 1.07. The first-order valence-electron chi connectivity index (χ1n) is 23.1. The van der Waals surface area contributed by atoms with Crippen LogP contribution in [-0.2, 0) is 0 Å². The molecule has 14 rings (SSSR count). The summed E-state index contributed by atoms with van der Waals surface area (Å²) < 4.78 is 4.90. The van der Waals surface area contributed by atoms with Crippen molar-refractivity contribution in [2.24, 2.45) is 0 Å². The van der Waals surface area contributed by atoms with Crippen molar-refractivity contribution in [3.05, 3.63) is 237 Å². The smallest absolute Gasteiger partial charge is 0.166 e. The van der Waals surface area contributed by atoms with E-state index in [4.69, 9.17) is 15.0 Å². The van der Waals surface area contributed by atoms with Crippen molar-refractivity contribution < 1.29 is 0 Å². The zero-order valence-electron chi connectivity index (χ0n) is 36.8. The zero-order valence-corrected chi connectivity index (χ0v) is 36.8. The highest BCUT2D eigenvalue weighted by Gasteiger charge is 2.23. The average Bonchev–Trinajstić information content (AvgIpc) is 3.92. The summed E-state index contributed by atoms with van der Waals surface area (Å²) in [5, 5.41) is 11.9. The largest absolute Gasteiger partial charge is 0.309 e. The van der Waals surface area contributed by atoms with Gasteiger partial charge < -0.3 is 9.13 Å². The van der Waals surface area contributed by atoms with E-state index in [2.05, 4.69) is 221 Å². The minimum atomic E-state index is 0.603. The summed E-state index contributed by atoms with van der Waals surface area (Å²) in [5.74, 6) is 1.84. The molecule has 0 bridgehead atoms. The molecule has 3 aromatic heterocycles. The minimum absolute atomic E-state index is 0.603. The molecule has 0 unspecified atom stereocenters. The SMILES string of the molecule is c1ccc(-c2ccc(-c3nc(-c4ccccc4)nc(-c4cc5ccccc5cc4-n4c5ccc(-n6c7ccccc7c7ccc8ccccc8c76)cc5c5cc6ccccc6cc54)n3)cc2)cc1. The van der Waals surface area contributed by atoms with Gasteiger partial charge in [0.05, 0.1) is 27.8 Å². The van der Waals surface area contributed by atoms with Crippen LogP contribution in [0.5, 0.6) is 0 Å². The topological polar surface area (TPSA) is 48.5 Å². The molecule has 0 saturated carbocycles. The maximum Gasteiger partial charge on any atom is 0.166 e. The normalized spacial score (nSPS) is 11.8. The summed E-state index contributed by atoms with van der Waals surface area (Å²) in [7, 11) is 0. The van der Waals surface area contributed by atoms with E-state index in [1.165, 1.54) is 48.7 Å². The van der Waals surface area contributed by atoms with Crippen molar-refractivity contribution in [1.29, 1.82) is 0 Å². The van der Waals surface area contributed by atoms with E-state index in [0.717, 1.165) is 66.4 Å². The van der Waals surface area contributed by atoms with Crippen LogP contribution in [0.4, 0.5) is 0 Å². The van der Waals surface area contributed by atoms with Crippen molar-refractivity contribution in [2.75, 3.05) is 0 Å². The molecule has 316 valence electrons. The van der Waals surface area contributed by atoms with E-state index >= 15 is 0 Å². The van der Waals surface area contributed by atoms with Crippen LogP contribution in [-0.4, -0.2) is 24.1 Å². The van der Waals surface area contributed by atoms with Gasteiger partial charge in [-0.1, -0.05) is 188 Å². The van der Waals surface area contributed by atoms with Crippen molar-refractivity contribution in [3.8, 4) is 56.7 Å². The monoisotopic (exact) mass is 865 g/mol. The number of fused-ring (bicyclic) bond motifs is 10. The molecule has 14 aromatic rings. The van der Waals surface area contributed by atoms with Gasteiger partial charge in [0.15, 0.2) is 17.5 Å². The molecule has 0 amide bonds. The van der Waals surface area contributed by atoms with Crippen LogP contribution < -0.4 is 0 Å². The van der Waals surface area contributed by atoms with E-state index in [9.17, 15) is 0 Å². The Morgan fingerprint density at radius 3 is 1.51 bits per heavy atom. The Balaban J connectivity index is 1.05. The number of nitrogens with zero attached hydrogens (tertiary/aromatic N) is 5. The molecule has 0 radical (unpaired) electrons. The molecule has 0 fully saturated rings. The van der Waals surface area contributed by atoms with Crippen molar-refractivity contribution >= 4 is 75.9 Å². The average molecular weight is 866 g/mol. The van der Waals surface area contributed by atoms with Crippen molar-refractivity contribution in [1.82, 2.24) is 24.1 Å². The molecule has 0 aliphatic carbocycles. The molecule has 0 atom stereocenters. The zero-order chi connectivity index (χ0) is 44.7. The van der Waals surface area contributed by atoms with E-state index < -0.39 is 0 Å². The molecule has 3 heterocycles. The maximum absolute atomic E-state index is 5.38. The lowest BCUT2D eigenvalue weighted by Gasteiger charge is -2.17. The highest BCUT2D eigenvalue weighted by atomic mass is 15.1. The van der Waals surface area contributed by atoms with Crippen LogP contribution >= 0.6 is 0 Å². The minimum Gasteiger partial charge on any atom is -0.309 e. The lowest BCUT2D eigenvalue weighted by atomic mass is 10.0. The number of benzene rings is 11. The molecule has 11 aromatic carbocycles. The van der Waals surface area contributed by atoms with E-state index in [0.29, 0.717) is 17.5 Å². The van der Waals surface area contributed by atoms with Gasteiger partial charge >= 0.3 is 0 Å². The predicted molar refractivity (Wildman–Crippen MR) is 283 cm³/mol. The van der Waals surface area contributed by atoms with Crippen LogP contribution in [0, 0.1) is 0 Å². The second kappa shape index (κ2) is 15.2. The van der Waals surface area contributed by atoms with Crippen LogP contribution in [0.3, 0.4) is 0 Å². The Bertz CT molecular complexity index is 4300. The molecule has 0 spiro atoms. The first-order valence-corrected chi connectivity index (χ1v) is 23.1. The van der Waals surface area contributed by atoms with Gasteiger partial charge in [0, 0.05) is 49.3 Å². The highest BCUT2D eigenvalue weighted by Crippen LogP contribution is 2.42. The molecular weight excluding hydrogens is 827 g/mol. The fraction of sp³-hybridized carbons (Fsp3) is 0. The maximum atomic E-state index is 5.38. The standard InChI is InChI=1S/C63H39N5/c1-3-15-40(16-4-1)41-27-29-44(30-28-41)62-64-61(43-18-5-2-6-19-43)65-63(66-62)55-36-46-21-8-10-23-48(46)38-59(55)68-57-34-32-49(39-54(57)53-35-45-20-7-9-22-47(45)37-58(53)68)67-56-26-14-13-25-51(56)52-33-31-42-17-11-12-24-50(42)60(52)67/h1-39H. The van der Waals surface area contributed by atoms with Gasteiger partial charge in [-0.25, -0.2) is 15.0 Å². The van der Waals surface area contributed by atoms with Crippen LogP contribution in [0.1, 0.15) is 0 Å². The van der Waals surface area contributed by atoms with Crippen LogP contribution in [0.25, 0.3) is 133 Å². The predicted octanol–water partition coefficient (Wildman–Crippen LogP) is 16.2. The molecule has 5 nitrogen and oxygen atoms in total. The summed E-state index contributed by atoms with van der Waals surface area (Å²) >= 11 is 0. The Morgan fingerprint density at radius 1 is 0.265 bits per heavy atom. The third kappa shape index (κ3) is 6.06. The number of para-hydroxylation sites is 1. The first-order chi connectivity index (χ1) is 33.7. The summed E-state index contributed by atoms with van der Waals surface area (Å²) in [4.78, 5) is 15.9. The quantitative estimate of drug-likeness (QED) is 0.167. The third-order valence-electron chi connectivity index (χ3n) is 13.7. The number of hydrogen-bond acceptors (Lipinski definition) is 3. The molecule has 0 aliphatic rings. The number of hydrogen-bond donors (Lipinski definition) is 0. The molecule has 68 heavy (non-hydrogen) atoms. The number of aromatic nitrogens is 5. The van der Waals surface area contributed by atoms with Crippen LogP contribution in [0.15, 0.2) is 237 Å².